The summed E-state index contributed by atoms with van der Waals surface area (Å²) in [6.07, 6.45) is -4.94. The van der Waals surface area contributed by atoms with Crippen molar-refractivity contribution < 1.29 is 31.5 Å². The first-order valence-corrected chi connectivity index (χ1v) is 4.87. The Morgan fingerprint density at radius 1 is 1.33 bits per heavy atom. The van der Waals surface area contributed by atoms with Crippen molar-refractivity contribution >= 4 is 17.4 Å². The number of carbonyl (C=O) groups is 1. The van der Waals surface area contributed by atoms with E-state index in [0.29, 0.717) is 0 Å². The van der Waals surface area contributed by atoms with Crippen LogP contribution in [0.5, 0.6) is 5.75 Å². The molecule has 8 heteroatoms. The van der Waals surface area contributed by atoms with Crippen LogP contribution in [0.3, 0.4) is 0 Å². The number of carbonyl (C=O) groups excluding carboxylic acids is 1. The molecule has 0 aliphatic carbocycles. The van der Waals surface area contributed by atoms with Crippen LogP contribution in [0.15, 0.2) is 12.1 Å². The molecule has 0 amide bonds. The van der Waals surface area contributed by atoms with Crippen molar-refractivity contribution in [3.05, 3.63) is 28.3 Å². The summed E-state index contributed by atoms with van der Waals surface area (Å²) >= 11 is 5.35. The average Bonchev–Trinajstić information content (AvgIpc) is 2.17. The van der Waals surface area contributed by atoms with Crippen molar-refractivity contribution in [3.8, 4) is 5.75 Å². The molecule has 0 saturated heterocycles. The van der Waals surface area contributed by atoms with E-state index in [1.54, 1.807) is 0 Å². The molecule has 0 spiro atoms. The van der Waals surface area contributed by atoms with Gasteiger partial charge in [-0.05, 0) is 19.1 Å². The number of hydrogen-bond donors (Lipinski definition) is 0. The summed E-state index contributed by atoms with van der Waals surface area (Å²) in [4.78, 5) is 11.2. The van der Waals surface area contributed by atoms with Crippen LogP contribution < -0.4 is 4.74 Å². The van der Waals surface area contributed by atoms with E-state index in [4.69, 9.17) is 11.6 Å². The maximum Gasteiger partial charge on any atom is 0.418 e. The number of ketones is 1. The van der Waals surface area contributed by atoms with Crippen LogP contribution in [0.1, 0.15) is 22.8 Å². The van der Waals surface area contributed by atoms with Crippen LogP contribution in [0.25, 0.3) is 0 Å². The van der Waals surface area contributed by atoms with Gasteiger partial charge in [0.15, 0.2) is 5.78 Å². The van der Waals surface area contributed by atoms with Crippen LogP contribution in [0.2, 0.25) is 5.02 Å². The minimum Gasteiger partial charge on any atom is -0.434 e. The fraction of sp³-hybridized carbons (Fsp3) is 0.300. The average molecular weight is 289 g/mol. The normalized spacial score (nSPS) is 11.8. The summed E-state index contributed by atoms with van der Waals surface area (Å²) in [7, 11) is 0. The molecule has 0 heterocycles. The molecular weight excluding hydrogens is 283 g/mol. The molecule has 0 saturated carbocycles. The smallest absolute Gasteiger partial charge is 0.418 e. The van der Waals surface area contributed by atoms with Crippen LogP contribution in [0.4, 0.5) is 22.0 Å². The third kappa shape index (κ3) is 3.10. The molecule has 0 aromatic heterocycles. The van der Waals surface area contributed by atoms with Crippen LogP contribution in [-0.4, -0.2) is 12.4 Å². The Hall–Kier alpha value is -1.37. The molecule has 0 aliphatic heterocycles. The number of hydrogen-bond acceptors (Lipinski definition) is 2. The van der Waals surface area contributed by atoms with Gasteiger partial charge < -0.3 is 4.74 Å². The Morgan fingerprint density at radius 2 is 1.89 bits per heavy atom. The van der Waals surface area contributed by atoms with Gasteiger partial charge in [0, 0.05) is 0 Å². The first kappa shape index (κ1) is 14.7. The second-order valence-electron chi connectivity index (χ2n) is 3.23. The number of rotatable bonds is 3. The molecule has 100 valence electrons. The molecular formula is C10H6ClF5O2. The highest BCUT2D eigenvalue weighted by atomic mass is 35.5. The SMILES string of the molecule is CC(=O)c1c(OC(F)F)ccc(Cl)c1C(F)(F)F. The van der Waals surface area contributed by atoms with E-state index >= 15 is 0 Å². The van der Waals surface area contributed by atoms with Gasteiger partial charge in [-0.25, -0.2) is 0 Å². The number of benzene rings is 1. The van der Waals surface area contributed by atoms with Crippen molar-refractivity contribution in [1.29, 1.82) is 0 Å². The van der Waals surface area contributed by atoms with Gasteiger partial charge in [0.2, 0.25) is 0 Å². The molecule has 0 aliphatic rings. The van der Waals surface area contributed by atoms with Crippen molar-refractivity contribution in [1.82, 2.24) is 0 Å². The zero-order valence-electron chi connectivity index (χ0n) is 8.82. The molecule has 0 atom stereocenters. The lowest BCUT2D eigenvalue weighted by atomic mass is 10.0. The molecule has 2 nitrogen and oxygen atoms in total. The van der Waals surface area contributed by atoms with Gasteiger partial charge in [0.1, 0.15) is 5.75 Å². The number of ether oxygens (including phenoxy) is 1. The van der Waals surface area contributed by atoms with Crippen LogP contribution >= 0.6 is 11.6 Å². The molecule has 0 unspecified atom stereocenters. The standard InChI is InChI=1S/C10H6ClF5O2/c1-4(17)7-6(18-9(12)13)3-2-5(11)8(7)10(14,15)16/h2-3,9H,1H3. The second-order valence-corrected chi connectivity index (χ2v) is 3.64. The van der Waals surface area contributed by atoms with Gasteiger partial charge >= 0.3 is 12.8 Å². The summed E-state index contributed by atoms with van der Waals surface area (Å²) in [6, 6.07) is 1.54. The molecule has 0 fully saturated rings. The molecule has 0 N–H and O–H groups in total. The van der Waals surface area contributed by atoms with Gasteiger partial charge in [0.25, 0.3) is 0 Å². The summed E-state index contributed by atoms with van der Waals surface area (Å²) in [5.41, 5.74) is -2.48. The lowest BCUT2D eigenvalue weighted by Crippen LogP contribution is -2.15. The molecule has 1 aromatic carbocycles. The molecule has 1 rings (SSSR count). The Labute approximate surface area is 103 Å². The van der Waals surface area contributed by atoms with Gasteiger partial charge in [0.05, 0.1) is 16.1 Å². The van der Waals surface area contributed by atoms with Gasteiger partial charge in [-0.2, -0.15) is 22.0 Å². The van der Waals surface area contributed by atoms with E-state index in [2.05, 4.69) is 4.74 Å². The van der Waals surface area contributed by atoms with Crippen LogP contribution in [0, 0.1) is 0 Å². The van der Waals surface area contributed by atoms with Gasteiger partial charge in [-0.15, -0.1) is 0 Å². The predicted octanol–water partition coefficient (Wildman–Crippen LogP) is 4.16. The number of halogens is 6. The summed E-state index contributed by atoms with van der Waals surface area (Å²) in [5, 5.41) is -0.755. The summed E-state index contributed by atoms with van der Waals surface area (Å²) in [5.74, 6) is -1.92. The summed E-state index contributed by atoms with van der Waals surface area (Å²) in [6.45, 7) is -2.54. The lowest BCUT2D eigenvalue weighted by Gasteiger charge is -2.16. The third-order valence-corrected chi connectivity index (χ3v) is 2.28. The number of Topliss-reactive ketones (excluding diaryl/α,β-unsaturated/α-hetero) is 1. The van der Waals surface area contributed by atoms with E-state index in [1.807, 2.05) is 0 Å². The minimum atomic E-state index is -4.94. The maximum atomic E-state index is 12.7. The Balaban J connectivity index is 3.53. The van der Waals surface area contributed by atoms with Gasteiger partial charge in [-0.3, -0.25) is 4.79 Å². The molecule has 0 bridgehead atoms. The van der Waals surface area contributed by atoms with E-state index in [0.717, 1.165) is 19.1 Å². The highest BCUT2D eigenvalue weighted by molar-refractivity contribution is 6.32. The first-order valence-electron chi connectivity index (χ1n) is 4.50. The Bertz CT molecular complexity index is 470. The fourth-order valence-corrected chi connectivity index (χ4v) is 1.64. The van der Waals surface area contributed by atoms with Crippen molar-refractivity contribution in [3.63, 3.8) is 0 Å². The third-order valence-electron chi connectivity index (χ3n) is 1.97. The fourth-order valence-electron chi connectivity index (χ4n) is 1.38. The lowest BCUT2D eigenvalue weighted by molar-refractivity contribution is -0.138. The zero-order valence-corrected chi connectivity index (χ0v) is 9.57. The second kappa shape index (κ2) is 5.09. The van der Waals surface area contributed by atoms with E-state index in [9.17, 15) is 26.7 Å². The summed E-state index contributed by atoms with van der Waals surface area (Å²) < 4.78 is 66.1. The van der Waals surface area contributed by atoms with Crippen molar-refractivity contribution in [2.24, 2.45) is 0 Å². The minimum absolute atomic E-state index is 0.745. The number of alkyl halides is 5. The highest BCUT2D eigenvalue weighted by Gasteiger charge is 2.39. The van der Waals surface area contributed by atoms with Crippen LogP contribution in [-0.2, 0) is 6.18 Å². The first-order chi connectivity index (χ1) is 8.14. The topological polar surface area (TPSA) is 26.3 Å². The van der Waals surface area contributed by atoms with Crippen molar-refractivity contribution in [2.45, 2.75) is 19.7 Å². The van der Waals surface area contributed by atoms with Crippen molar-refractivity contribution in [2.75, 3.05) is 0 Å². The highest BCUT2D eigenvalue weighted by Crippen LogP contribution is 2.41. The van der Waals surface area contributed by atoms with E-state index < -0.39 is 40.5 Å². The van der Waals surface area contributed by atoms with Gasteiger partial charge in [-0.1, -0.05) is 11.6 Å². The quantitative estimate of drug-likeness (QED) is 0.616. The molecule has 0 radical (unpaired) electrons. The largest absolute Gasteiger partial charge is 0.434 e. The zero-order chi connectivity index (χ0) is 14.1. The Morgan fingerprint density at radius 3 is 2.28 bits per heavy atom. The van der Waals surface area contributed by atoms with E-state index in [-0.39, 0.29) is 0 Å². The molecule has 18 heavy (non-hydrogen) atoms. The maximum absolute atomic E-state index is 12.7. The Kier molecular flexibility index (Phi) is 4.16. The monoisotopic (exact) mass is 288 g/mol. The van der Waals surface area contributed by atoms with E-state index in [1.165, 1.54) is 0 Å². The molecule has 1 aromatic rings. The predicted molar refractivity (Wildman–Crippen MR) is 53.1 cm³/mol.